The van der Waals surface area contributed by atoms with Gasteiger partial charge in [-0.1, -0.05) is 11.6 Å². The zero-order valence-electron chi connectivity index (χ0n) is 8.83. The number of hydrogen-bond donors (Lipinski definition) is 2. The average molecular weight is 254 g/mol. The summed E-state index contributed by atoms with van der Waals surface area (Å²) in [5.41, 5.74) is 3.12. The Hall–Kier alpha value is -1.19. The molecule has 0 amide bonds. The number of phenols is 1. The molecule has 2 aromatic rings. The third-order valence-electron chi connectivity index (χ3n) is 2.37. The molecule has 0 spiro atoms. The largest absolute Gasteiger partial charge is 0.508 e. The molecule has 0 saturated heterocycles. The molecule has 1 aromatic heterocycles. The Morgan fingerprint density at radius 2 is 2.19 bits per heavy atom. The van der Waals surface area contributed by atoms with Crippen LogP contribution in [0.3, 0.4) is 0 Å². The normalized spacial score (nSPS) is 10.4. The van der Waals surface area contributed by atoms with Gasteiger partial charge in [-0.2, -0.15) is 0 Å². The molecule has 0 saturated carbocycles. The standard InChI is InChI=1S/C12H12ClNOS/c1-8-6-16-7-11(8)14-5-9-4-10(13)2-3-12(9)15/h2-4,6-7,14-15H,5H2,1H3. The summed E-state index contributed by atoms with van der Waals surface area (Å²) in [5, 5.41) is 17.7. The number of hydrogen-bond acceptors (Lipinski definition) is 3. The molecule has 4 heteroatoms. The number of nitrogens with one attached hydrogen (secondary N) is 1. The summed E-state index contributed by atoms with van der Waals surface area (Å²) in [6, 6.07) is 5.06. The molecule has 0 unspecified atom stereocenters. The maximum Gasteiger partial charge on any atom is 0.120 e. The van der Waals surface area contributed by atoms with E-state index in [1.807, 2.05) is 0 Å². The average Bonchev–Trinajstić information content (AvgIpc) is 2.66. The van der Waals surface area contributed by atoms with Gasteiger partial charge >= 0.3 is 0 Å². The van der Waals surface area contributed by atoms with Gasteiger partial charge in [0.2, 0.25) is 0 Å². The van der Waals surface area contributed by atoms with Crippen molar-refractivity contribution in [3.05, 3.63) is 45.1 Å². The highest BCUT2D eigenvalue weighted by Crippen LogP contribution is 2.24. The van der Waals surface area contributed by atoms with Crippen LogP contribution in [0.15, 0.2) is 29.0 Å². The van der Waals surface area contributed by atoms with E-state index in [2.05, 4.69) is 23.0 Å². The van der Waals surface area contributed by atoms with E-state index < -0.39 is 0 Å². The fourth-order valence-electron chi connectivity index (χ4n) is 1.43. The van der Waals surface area contributed by atoms with Gasteiger partial charge in [-0.3, -0.25) is 0 Å². The molecule has 0 bridgehead atoms. The summed E-state index contributed by atoms with van der Waals surface area (Å²) in [6.45, 7) is 2.63. The molecule has 0 fully saturated rings. The first kappa shape index (κ1) is 11.3. The lowest BCUT2D eigenvalue weighted by Crippen LogP contribution is -1.99. The SMILES string of the molecule is Cc1cscc1NCc1cc(Cl)ccc1O. The van der Waals surface area contributed by atoms with Crippen molar-refractivity contribution in [3.63, 3.8) is 0 Å². The van der Waals surface area contributed by atoms with E-state index in [1.165, 1.54) is 5.56 Å². The van der Waals surface area contributed by atoms with Crippen molar-refractivity contribution in [2.45, 2.75) is 13.5 Å². The second-order valence-electron chi connectivity index (χ2n) is 3.60. The van der Waals surface area contributed by atoms with Gasteiger partial charge in [0.1, 0.15) is 5.75 Å². The molecule has 84 valence electrons. The molecule has 0 aliphatic heterocycles. The first-order chi connectivity index (χ1) is 7.66. The van der Waals surface area contributed by atoms with E-state index in [4.69, 9.17) is 11.6 Å². The predicted octanol–water partition coefficient (Wildman–Crippen LogP) is 4.03. The summed E-state index contributed by atoms with van der Waals surface area (Å²) in [6.07, 6.45) is 0. The van der Waals surface area contributed by atoms with Gasteiger partial charge in [-0.25, -0.2) is 0 Å². The van der Waals surface area contributed by atoms with E-state index in [-0.39, 0.29) is 5.75 Å². The lowest BCUT2D eigenvalue weighted by atomic mass is 10.2. The van der Waals surface area contributed by atoms with E-state index >= 15 is 0 Å². The van der Waals surface area contributed by atoms with Gasteiger partial charge in [0, 0.05) is 28.2 Å². The highest BCUT2D eigenvalue weighted by Gasteiger charge is 2.03. The van der Waals surface area contributed by atoms with Crippen molar-refractivity contribution in [1.82, 2.24) is 0 Å². The minimum atomic E-state index is 0.268. The number of phenolic OH excluding ortho intramolecular Hbond substituents is 1. The molecule has 0 aliphatic carbocycles. The fraction of sp³-hybridized carbons (Fsp3) is 0.167. The zero-order valence-corrected chi connectivity index (χ0v) is 10.4. The Morgan fingerprint density at radius 1 is 1.38 bits per heavy atom. The monoisotopic (exact) mass is 253 g/mol. The Kier molecular flexibility index (Phi) is 3.36. The summed E-state index contributed by atoms with van der Waals surface area (Å²) in [4.78, 5) is 0. The van der Waals surface area contributed by atoms with Crippen molar-refractivity contribution in [1.29, 1.82) is 0 Å². The van der Waals surface area contributed by atoms with Gasteiger partial charge in [-0.15, -0.1) is 11.3 Å². The summed E-state index contributed by atoms with van der Waals surface area (Å²) < 4.78 is 0. The molecule has 2 nitrogen and oxygen atoms in total. The Morgan fingerprint density at radius 3 is 2.88 bits per heavy atom. The minimum absolute atomic E-state index is 0.268. The number of benzene rings is 1. The molecule has 2 rings (SSSR count). The minimum Gasteiger partial charge on any atom is -0.508 e. The van der Waals surface area contributed by atoms with Crippen LogP contribution < -0.4 is 5.32 Å². The van der Waals surface area contributed by atoms with Crippen molar-refractivity contribution in [2.75, 3.05) is 5.32 Å². The van der Waals surface area contributed by atoms with Crippen LogP contribution in [-0.2, 0) is 6.54 Å². The lowest BCUT2D eigenvalue weighted by molar-refractivity contribution is 0.469. The van der Waals surface area contributed by atoms with Gasteiger partial charge in [0.05, 0.1) is 0 Å². The second kappa shape index (κ2) is 4.76. The number of anilines is 1. The molecule has 0 atom stereocenters. The summed E-state index contributed by atoms with van der Waals surface area (Å²) in [7, 11) is 0. The van der Waals surface area contributed by atoms with Crippen molar-refractivity contribution in [3.8, 4) is 5.75 Å². The molecule has 2 N–H and O–H groups in total. The van der Waals surface area contributed by atoms with Crippen molar-refractivity contribution < 1.29 is 5.11 Å². The highest BCUT2D eigenvalue weighted by molar-refractivity contribution is 7.08. The third kappa shape index (κ3) is 2.49. The van der Waals surface area contributed by atoms with Gasteiger partial charge in [0.25, 0.3) is 0 Å². The van der Waals surface area contributed by atoms with Crippen LogP contribution in [0.5, 0.6) is 5.75 Å². The van der Waals surface area contributed by atoms with Crippen LogP contribution in [0.25, 0.3) is 0 Å². The molecule has 0 aliphatic rings. The fourth-order valence-corrected chi connectivity index (χ4v) is 2.43. The van der Waals surface area contributed by atoms with E-state index in [9.17, 15) is 5.11 Å². The summed E-state index contributed by atoms with van der Waals surface area (Å²) >= 11 is 7.53. The van der Waals surface area contributed by atoms with E-state index in [0.29, 0.717) is 11.6 Å². The summed E-state index contributed by atoms with van der Waals surface area (Å²) in [5.74, 6) is 0.268. The van der Waals surface area contributed by atoms with E-state index in [1.54, 1.807) is 29.5 Å². The Labute approximate surface area is 104 Å². The maximum absolute atomic E-state index is 9.64. The molecule has 1 heterocycles. The zero-order chi connectivity index (χ0) is 11.5. The van der Waals surface area contributed by atoms with Gasteiger partial charge < -0.3 is 10.4 Å². The molecule has 16 heavy (non-hydrogen) atoms. The molecule has 1 aromatic carbocycles. The first-order valence-corrected chi connectivity index (χ1v) is 6.23. The van der Waals surface area contributed by atoms with Crippen LogP contribution in [-0.4, -0.2) is 5.11 Å². The molecular formula is C12H12ClNOS. The highest BCUT2D eigenvalue weighted by atomic mass is 35.5. The number of aryl methyl sites for hydroxylation is 1. The topological polar surface area (TPSA) is 32.3 Å². The van der Waals surface area contributed by atoms with E-state index in [0.717, 1.165) is 11.3 Å². The quantitative estimate of drug-likeness (QED) is 0.866. The van der Waals surface area contributed by atoms with Crippen LogP contribution in [0.1, 0.15) is 11.1 Å². The van der Waals surface area contributed by atoms with Crippen LogP contribution >= 0.6 is 22.9 Å². The number of thiophene rings is 1. The van der Waals surface area contributed by atoms with Crippen LogP contribution in [0.2, 0.25) is 5.02 Å². The smallest absolute Gasteiger partial charge is 0.120 e. The number of aromatic hydroxyl groups is 1. The maximum atomic E-state index is 9.64. The van der Waals surface area contributed by atoms with Crippen LogP contribution in [0.4, 0.5) is 5.69 Å². The predicted molar refractivity (Wildman–Crippen MR) is 69.5 cm³/mol. The van der Waals surface area contributed by atoms with Crippen molar-refractivity contribution in [2.24, 2.45) is 0 Å². The van der Waals surface area contributed by atoms with Gasteiger partial charge in [0.15, 0.2) is 0 Å². The number of halogens is 1. The second-order valence-corrected chi connectivity index (χ2v) is 4.78. The molecular weight excluding hydrogens is 242 g/mol. The first-order valence-electron chi connectivity index (χ1n) is 4.91. The molecule has 0 radical (unpaired) electrons. The van der Waals surface area contributed by atoms with Gasteiger partial charge in [-0.05, 0) is 36.1 Å². The number of rotatable bonds is 3. The third-order valence-corrected chi connectivity index (χ3v) is 3.46. The Bertz CT molecular complexity index is 496. The van der Waals surface area contributed by atoms with Crippen LogP contribution in [0, 0.1) is 6.92 Å². The Balaban J connectivity index is 2.10. The van der Waals surface area contributed by atoms with Crippen molar-refractivity contribution >= 4 is 28.6 Å². The lowest BCUT2D eigenvalue weighted by Gasteiger charge is -2.08.